The minimum atomic E-state index is -0.366. The number of ether oxygens (including phenoxy) is 2. The Hall–Kier alpha value is -1.82. The largest absolute Gasteiger partial charge is 0.493 e. The van der Waals surface area contributed by atoms with Crippen molar-refractivity contribution in [3.05, 3.63) is 41.0 Å². The molecule has 5 nitrogen and oxygen atoms in total. The summed E-state index contributed by atoms with van der Waals surface area (Å²) in [5.41, 5.74) is 4.43. The molecule has 3 saturated carbocycles. The molecule has 0 amide bonds. The average Bonchev–Trinajstić information content (AvgIpc) is 3.76. The number of methoxy groups -OCH3 is 1. The number of aliphatic hydroxyl groups excluding tert-OH is 1. The molecule has 0 bridgehead atoms. The summed E-state index contributed by atoms with van der Waals surface area (Å²) in [7, 11) is 1.73. The number of fused-ring (bicyclic) bond motifs is 5. The fourth-order valence-electron chi connectivity index (χ4n) is 10.5. The molecule has 1 aromatic carbocycles. The molecule has 1 aromatic rings. The van der Waals surface area contributed by atoms with Crippen molar-refractivity contribution in [2.45, 2.75) is 96.6 Å². The first kappa shape index (κ1) is 28.9. The van der Waals surface area contributed by atoms with Crippen LogP contribution in [0.5, 0.6) is 11.5 Å². The van der Waals surface area contributed by atoms with E-state index in [4.69, 9.17) is 9.47 Å². The summed E-state index contributed by atoms with van der Waals surface area (Å²) in [5.74, 6) is 3.59. The van der Waals surface area contributed by atoms with Gasteiger partial charge in [0, 0.05) is 18.0 Å². The summed E-state index contributed by atoms with van der Waals surface area (Å²) in [6.45, 7) is 11.7. The van der Waals surface area contributed by atoms with Gasteiger partial charge in [-0.2, -0.15) is 0 Å². The second-order valence-electron chi connectivity index (χ2n) is 15.1. The summed E-state index contributed by atoms with van der Waals surface area (Å²) < 4.78 is 11.9. The van der Waals surface area contributed by atoms with Gasteiger partial charge in [0.15, 0.2) is 11.5 Å². The second-order valence-corrected chi connectivity index (χ2v) is 15.1. The number of hydrogen-bond donors (Lipinski definition) is 1. The third-order valence-corrected chi connectivity index (χ3v) is 13.0. The van der Waals surface area contributed by atoms with Gasteiger partial charge in [-0.3, -0.25) is 4.90 Å². The summed E-state index contributed by atoms with van der Waals surface area (Å²) in [5, 5.41) is 11.8. The number of aliphatic hydroxyl groups is 1. The highest BCUT2D eigenvalue weighted by molar-refractivity contribution is 5.60. The van der Waals surface area contributed by atoms with E-state index in [-0.39, 0.29) is 11.5 Å². The van der Waals surface area contributed by atoms with E-state index in [0.29, 0.717) is 23.9 Å². The molecule has 2 aliphatic heterocycles. The van der Waals surface area contributed by atoms with Gasteiger partial charge in [0.25, 0.3) is 0 Å². The van der Waals surface area contributed by atoms with Crippen molar-refractivity contribution >= 4 is 6.08 Å². The van der Waals surface area contributed by atoms with Gasteiger partial charge in [0.2, 0.25) is 0 Å². The number of nitrogens with zero attached hydrogens (tertiary/aromatic N) is 2. The van der Waals surface area contributed by atoms with E-state index in [0.717, 1.165) is 48.4 Å². The van der Waals surface area contributed by atoms with Crippen LogP contribution in [0, 0.1) is 28.6 Å². The van der Waals surface area contributed by atoms with Crippen LogP contribution in [-0.4, -0.2) is 73.5 Å². The molecule has 42 heavy (non-hydrogen) atoms. The van der Waals surface area contributed by atoms with Crippen molar-refractivity contribution in [1.82, 2.24) is 9.80 Å². The number of benzene rings is 1. The van der Waals surface area contributed by atoms with Crippen LogP contribution in [0.15, 0.2) is 35.4 Å². The van der Waals surface area contributed by atoms with Crippen LogP contribution in [0.4, 0.5) is 0 Å². The van der Waals surface area contributed by atoms with Crippen LogP contribution < -0.4 is 9.47 Å². The first-order chi connectivity index (χ1) is 20.4. The Kier molecular flexibility index (Phi) is 7.99. The number of likely N-dealkylation sites (tertiary alicyclic amines) is 2. The smallest absolute Gasteiger partial charge is 0.161 e. The predicted molar refractivity (Wildman–Crippen MR) is 170 cm³/mol. The van der Waals surface area contributed by atoms with E-state index in [9.17, 15) is 5.11 Å². The van der Waals surface area contributed by atoms with Crippen molar-refractivity contribution < 1.29 is 14.6 Å². The molecule has 0 spiro atoms. The van der Waals surface area contributed by atoms with Crippen molar-refractivity contribution in [2.75, 3.05) is 46.4 Å². The van der Waals surface area contributed by atoms with Gasteiger partial charge >= 0.3 is 0 Å². The minimum absolute atomic E-state index is 0.0236. The maximum atomic E-state index is 11.8. The Balaban J connectivity index is 1.06. The lowest BCUT2D eigenvalue weighted by molar-refractivity contribution is -0.0662. The van der Waals surface area contributed by atoms with E-state index >= 15 is 0 Å². The molecule has 4 aliphatic carbocycles. The molecular weight excluding hydrogens is 520 g/mol. The first-order valence-electron chi connectivity index (χ1n) is 17.2. The topological polar surface area (TPSA) is 45.2 Å². The van der Waals surface area contributed by atoms with Crippen LogP contribution in [0.1, 0.15) is 90.0 Å². The predicted octanol–water partition coefficient (Wildman–Crippen LogP) is 6.95. The highest BCUT2D eigenvalue weighted by Crippen LogP contribution is 2.66. The average molecular weight is 575 g/mol. The summed E-state index contributed by atoms with van der Waals surface area (Å²) in [4.78, 5) is 5.26. The van der Waals surface area contributed by atoms with E-state index in [1.807, 2.05) is 6.07 Å². The Bertz CT molecular complexity index is 1200. The van der Waals surface area contributed by atoms with Gasteiger partial charge < -0.3 is 19.5 Å². The number of allylic oxidation sites excluding steroid dienone is 1. The fraction of sp³-hybridized carbons (Fsp3) is 0.730. The van der Waals surface area contributed by atoms with Crippen LogP contribution in [-0.2, 0) is 0 Å². The van der Waals surface area contributed by atoms with Gasteiger partial charge in [0.1, 0.15) is 6.61 Å². The van der Waals surface area contributed by atoms with Gasteiger partial charge in [-0.25, -0.2) is 0 Å². The van der Waals surface area contributed by atoms with E-state index in [1.54, 1.807) is 12.7 Å². The third-order valence-electron chi connectivity index (χ3n) is 13.0. The molecule has 7 rings (SSSR count). The lowest BCUT2D eigenvalue weighted by Gasteiger charge is -2.58. The van der Waals surface area contributed by atoms with Crippen LogP contribution >= 0.6 is 0 Å². The Morgan fingerprint density at radius 2 is 1.74 bits per heavy atom. The monoisotopic (exact) mass is 574 g/mol. The van der Waals surface area contributed by atoms with Crippen molar-refractivity contribution in [2.24, 2.45) is 28.6 Å². The van der Waals surface area contributed by atoms with Crippen LogP contribution in [0.3, 0.4) is 0 Å². The lowest BCUT2D eigenvalue weighted by atomic mass is 9.48. The molecule has 6 aliphatic rings. The quantitative estimate of drug-likeness (QED) is 0.357. The SMILES string of the molecule is COc1cc(/C=C2\C[C@H]3[C@@H]4CC=C5C[C@@H](N6CCCC6)CC[C@]5(C)[C@H]4CC[C@]3(C)[C@H]2O)ccc1OCCN1CCCC1. The lowest BCUT2D eigenvalue weighted by Crippen LogP contribution is -2.52. The third kappa shape index (κ3) is 5.06. The molecule has 0 unspecified atom stereocenters. The maximum absolute atomic E-state index is 11.8. The van der Waals surface area contributed by atoms with Crippen molar-refractivity contribution in [3.63, 3.8) is 0 Å². The molecule has 0 radical (unpaired) electrons. The van der Waals surface area contributed by atoms with Crippen LogP contribution in [0.2, 0.25) is 0 Å². The molecule has 230 valence electrons. The molecular formula is C37H54N2O3. The number of rotatable bonds is 7. The van der Waals surface area contributed by atoms with E-state index < -0.39 is 0 Å². The highest BCUT2D eigenvalue weighted by atomic mass is 16.5. The standard InChI is InChI=1S/C37H54N2O3/c1-36-14-12-29(39-18-6-7-19-39)25-28(36)9-10-30-31(36)13-15-37(2)32(30)24-27(35(37)40)22-26-8-11-33(34(23-26)41-3)42-21-20-38-16-4-5-17-38/h8-9,11,22-23,29-32,35,40H,4-7,10,12-21,24-25H2,1-3H3/b27-22+/t29-,30+,31-,32-,35-,36-,37-/m0/s1. The second kappa shape index (κ2) is 11.6. The van der Waals surface area contributed by atoms with E-state index in [1.165, 1.54) is 89.5 Å². The zero-order valence-electron chi connectivity index (χ0n) is 26.5. The summed E-state index contributed by atoms with van der Waals surface area (Å²) >= 11 is 0. The van der Waals surface area contributed by atoms with Crippen molar-refractivity contribution in [3.8, 4) is 11.5 Å². The highest BCUT2D eigenvalue weighted by Gasteiger charge is 2.59. The van der Waals surface area contributed by atoms with Crippen molar-refractivity contribution in [1.29, 1.82) is 0 Å². The zero-order valence-corrected chi connectivity index (χ0v) is 26.5. The molecule has 2 saturated heterocycles. The molecule has 5 fully saturated rings. The number of hydrogen-bond acceptors (Lipinski definition) is 5. The molecule has 7 atom stereocenters. The van der Waals surface area contributed by atoms with Crippen LogP contribution in [0.25, 0.3) is 6.08 Å². The van der Waals surface area contributed by atoms with E-state index in [2.05, 4.69) is 47.9 Å². The fourth-order valence-corrected chi connectivity index (χ4v) is 10.5. The van der Waals surface area contributed by atoms with Gasteiger partial charge in [0.05, 0.1) is 13.2 Å². The zero-order chi connectivity index (χ0) is 28.9. The molecule has 1 N–H and O–H groups in total. The summed E-state index contributed by atoms with van der Waals surface area (Å²) in [6, 6.07) is 7.05. The maximum Gasteiger partial charge on any atom is 0.161 e. The Morgan fingerprint density at radius 3 is 2.52 bits per heavy atom. The van der Waals surface area contributed by atoms with Gasteiger partial charge in [-0.05, 0) is 143 Å². The Labute approximate surface area is 254 Å². The molecule has 2 heterocycles. The summed E-state index contributed by atoms with van der Waals surface area (Å²) in [6.07, 6.45) is 18.6. The van der Waals surface area contributed by atoms with Gasteiger partial charge in [-0.1, -0.05) is 37.6 Å². The molecule has 5 heteroatoms. The Morgan fingerprint density at radius 1 is 0.952 bits per heavy atom. The molecule has 0 aromatic heterocycles. The minimum Gasteiger partial charge on any atom is -0.493 e. The normalized spacial score (nSPS) is 39.6. The first-order valence-corrected chi connectivity index (χ1v) is 17.2. The van der Waals surface area contributed by atoms with Gasteiger partial charge in [-0.15, -0.1) is 0 Å².